The molecule has 2 aliphatic rings. The van der Waals surface area contributed by atoms with Crippen LogP contribution in [0.5, 0.6) is 5.88 Å². The minimum Gasteiger partial charge on any atom is -0.481 e. The van der Waals surface area contributed by atoms with Crippen LogP contribution in [0.15, 0.2) is 60.8 Å². The summed E-state index contributed by atoms with van der Waals surface area (Å²) in [4.78, 5) is 21.0. The molecule has 2 aliphatic heterocycles. The highest BCUT2D eigenvalue weighted by Gasteiger charge is 2.22. The number of hydrogen-bond donors (Lipinski definition) is 3. The van der Waals surface area contributed by atoms with Crippen molar-refractivity contribution < 1.29 is 9.53 Å². The molecule has 10 heteroatoms. The number of aryl methyl sites for hydroxylation is 1. The third kappa shape index (κ3) is 5.57. The van der Waals surface area contributed by atoms with Gasteiger partial charge < -0.3 is 25.3 Å². The molecule has 2 aromatic carbocycles. The minimum atomic E-state index is 0.110. The average molecular weight is 642 g/mol. The zero-order valence-electron chi connectivity index (χ0n) is 25.2. The highest BCUT2D eigenvalue weighted by Crippen LogP contribution is 2.42. The van der Waals surface area contributed by atoms with Crippen LogP contribution in [0.25, 0.3) is 44.5 Å². The number of benzene rings is 2. The van der Waals surface area contributed by atoms with Gasteiger partial charge in [-0.25, -0.2) is 4.98 Å². The summed E-state index contributed by atoms with van der Waals surface area (Å²) in [6, 6.07) is 18.3. The van der Waals surface area contributed by atoms with Gasteiger partial charge in [0.15, 0.2) is 0 Å². The second kappa shape index (κ2) is 12.4. The topological polar surface area (TPSA) is 93.1 Å². The van der Waals surface area contributed by atoms with Crippen LogP contribution >= 0.6 is 23.2 Å². The van der Waals surface area contributed by atoms with Crippen LogP contribution < -0.4 is 20.7 Å². The molecule has 230 valence electrons. The third-order valence-electron chi connectivity index (χ3n) is 8.93. The van der Waals surface area contributed by atoms with E-state index in [1.807, 2.05) is 36.4 Å². The monoisotopic (exact) mass is 640 g/mol. The van der Waals surface area contributed by atoms with E-state index in [2.05, 4.69) is 45.8 Å². The van der Waals surface area contributed by atoms with Crippen LogP contribution in [0.1, 0.15) is 29.7 Å². The summed E-state index contributed by atoms with van der Waals surface area (Å²) < 4.78 is 7.95. The maximum absolute atomic E-state index is 11.5. The van der Waals surface area contributed by atoms with Crippen molar-refractivity contribution in [2.75, 3.05) is 20.2 Å². The van der Waals surface area contributed by atoms with E-state index in [1.165, 1.54) is 22.2 Å². The Morgan fingerprint density at radius 2 is 1.89 bits per heavy atom. The Labute approximate surface area is 272 Å². The number of methoxy groups -OCH3 is 1. The molecule has 7 rings (SSSR count). The Kier molecular flexibility index (Phi) is 8.23. The smallest absolute Gasteiger partial charge is 0.220 e. The molecule has 1 atom stereocenters. The van der Waals surface area contributed by atoms with E-state index in [0.29, 0.717) is 46.8 Å². The van der Waals surface area contributed by atoms with Crippen molar-refractivity contribution >= 4 is 40.0 Å². The molecule has 1 saturated heterocycles. The molecule has 5 heterocycles. The fourth-order valence-electron chi connectivity index (χ4n) is 6.58. The largest absolute Gasteiger partial charge is 0.481 e. The lowest BCUT2D eigenvalue weighted by Crippen LogP contribution is -2.35. The number of pyridine rings is 2. The first kappa shape index (κ1) is 29.7. The van der Waals surface area contributed by atoms with Crippen molar-refractivity contribution in [3.8, 4) is 39.5 Å². The van der Waals surface area contributed by atoms with Crippen molar-refractivity contribution in [3.05, 3.63) is 87.7 Å². The molecule has 0 saturated carbocycles. The summed E-state index contributed by atoms with van der Waals surface area (Å²) in [5, 5.41) is 12.2. The van der Waals surface area contributed by atoms with Crippen LogP contribution in [0.3, 0.4) is 0 Å². The molecule has 45 heavy (non-hydrogen) atoms. The van der Waals surface area contributed by atoms with Gasteiger partial charge in [0.05, 0.1) is 28.5 Å². The van der Waals surface area contributed by atoms with Gasteiger partial charge in [-0.2, -0.15) is 0 Å². The summed E-state index contributed by atoms with van der Waals surface area (Å²) in [6.07, 6.45) is 4.23. The van der Waals surface area contributed by atoms with E-state index < -0.39 is 0 Å². The highest BCUT2D eigenvalue weighted by atomic mass is 35.5. The predicted octanol–water partition coefficient (Wildman–Crippen LogP) is 6.30. The molecule has 5 aromatic rings. The highest BCUT2D eigenvalue weighted by molar-refractivity contribution is 6.39. The summed E-state index contributed by atoms with van der Waals surface area (Å²) in [6.45, 7) is 3.14. The molecule has 1 amide bonds. The molecule has 8 nitrogen and oxygen atoms in total. The number of rotatable bonds is 8. The van der Waals surface area contributed by atoms with Crippen LogP contribution in [0.2, 0.25) is 10.0 Å². The van der Waals surface area contributed by atoms with E-state index in [4.69, 9.17) is 37.9 Å². The van der Waals surface area contributed by atoms with Gasteiger partial charge in [0.25, 0.3) is 0 Å². The summed E-state index contributed by atoms with van der Waals surface area (Å²) >= 11 is 14.2. The Morgan fingerprint density at radius 3 is 2.71 bits per heavy atom. The van der Waals surface area contributed by atoms with Gasteiger partial charge in [-0.05, 0) is 30.2 Å². The standard InChI is InChI=1S/C35H34Cl2N6O2/c1-43-29-13-14-38-19-27(29)23-9-6-20(16-30(23)43)34-33(37)25(12-15-40-34)24-4-3-5-26(32(24)36)28-10-7-21(35(42-28)45-2)17-39-18-22-8-11-31(44)41-22/h3-7,9-10,12,15-16,22,38-39H,8,11,13-14,17-19H2,1-2H3,(H,41,44)/t22-/m0/s1. The summed E-state index contributed by atoms with van der Waals surface area (Å²) in [5.74, 6) is 0.633. The maximum Gasteiger partial charge on any atom is 0.220 e. The molecular formula is C35H34Cl2N6O2. The lowest BCUT2D eigenvalue weighted by atomic mass is 9.99. The average Bonchev–Trinajstić information content (AvgIpc) is 3.61. The number of halogens is 2. The van der Waals surface area contributed by atoms with E-state index >= 15 is 0 Å². The molecular weight excluding hydrogens is 607 g/mol. The van der Waals surface area contributed by atoms with Crippen LogP contribution in [0, 0.1) is 0 Å². The van der Waals surface area contributed by atoms with Crippen molar-refractivity contribution in [3.63, 3.8) is 0 Å². The van der Waals surface area contributed by atoms with Gasteiger partial charge >= 0.3 is 0 Å². The van der Waals surface area contributed by atoms with Gasteiger partial charge in [-0.3, -0.25) is 9.78 Å². The lowest BCUT2D eigenvalue weighted by molar-refractivity contribution is -0.119. The number of fused-ring (bicyclic) bond motifs is 3. The lowest BCUT2D eigenvalue weighted by Gasteiger charge is -2.15. The van der Waals surface area contributed by atoms with Gasteiger partial charge in [0.1, 0.15) is 0 Å². The van der Waals surface area contributed by atoms with Gasteiger partial charge in [0, 0.05) is 103 Å². The third-order valence-corrected chi connectivity index (χ3v) is 9.72. The predicted molar refractivity (Wildman–Crippen MR) is 180 cm³/mol. The number of carbonyl (C=O) groups excluding carboxylic acids is 1. The number of amides is 1. The molecule has 0 radical (unpaired) electrons. The van der Waals surface area contributed by atoms with E-state index in [1.54, 1.807) is 13.3 Å². The molecule has 0 bridgehead atoms. The Bertz CT molecular complexity index is 1940. The second-order valence-corrected chi connectivity index (χ2v) is 12.4. The van der Waals surface area contributed by atoms with Crippen LogP contribution in [-0.2, 0) is 31.4 Å². The SMILES string of the molecule is COc1nc(-c2cccc(-c3ccnc(-c4ccc5c6c(n(C)c5c4)CCNC6)c3Cl)c2Cl)ccc1CNC[C@@H]1CCC(=O)N1. The number of hydrogen-bond acceptors (Lipinski definition) is 6. The number of nitrogens with one attached hydrogen (secondary N) is 3. The number of ether oxygens (including phenoxy) is 1. The minimum absolute atomic E-state index is 0.110. The number of nitrogens with zero attached hydrogens (tertiary/aromatic N) is 3. The fraction of sp³-hybridized carbons (Fsp3) is 0.286. The number of aromatic nitrogens is 3. The molecule has 3 aromatic heterocycles. The van der Waals surface area contributed by atoms with Gasteiger partial charge in [-0.15, -0.1) is 0 Å². The van der Waals surface area contributed by atoms with Crippen molar-refractivity contribution in [2.45, 2.75) is 38.4 Å². The quantitative estimate of drug-likeness (QED) is 0.184. The Balaban J connectivity index is 1.18. The van der Waals surface area contributed by atoms with Crippen molar-refractivity contribution in [2.24, 2.45) is 7.05 Å². The van der Waals surface area contributed by atoms with Crippen LogP contribution in [-0.4, -0.2) is 46.7 Å². The molecule has 0 spiro atoms. The second-order valence-electron chi connectivity index (χ2n) is 11.6. The van der Waals surface area contributed by atoms with Gasteiger partial charge in [-0.1, -0.05) is 59.6 Å². The first-order valence-electron chi connectivity index (χ1n) is 15.2. The fourth-order valence-corrected chi connectivity index (χ4v) is 7.23. The molecule has 1 fully saturated rings. The molecule has 3 N–H and O–H groups in total. The molecule has 0 unspecified atom stereocenters. The summed E-state index contributed by atoms with van der Waals surface area (Å²) in [7, 11) is 3.75. The van der Waals surface area contributed by atoms with Crippen LogP contribution in [0.4, 0.5) is 0 Å². The normalized spacial score (nSPS) is 16.2. The summed E-state index contributed by atoms with van der Waals surface area (Å²) in [5.41, 5.74) is 9.59. The Morgan fingerprint density at radius 1 is 1.04 bits per heavy atom. The number of carbonyl (C=O) groups is 1. The first-order valence-corrected chi connectivity index (χ1v) is 16.0. The van der Waals surface area contributed by atoms with Crippen molar-refractivity contribution in [1.29, 1.82) is 0 Å². The molecule has 0 aliphatic carbocycles. The van der Waals surface area contributed by atoms with Crippen molar-refractivity contribution in [1.82, 2.24) is 30.5 Å². The zero-order chi connectivity index (χ0) is 31.1. The van der Waals surface area contributed by atoms with E-state index in [0.717, 1.165) is 53.7 Å². The zero-order valence-corrected chi connectivity index (χ0v) is 26.7. The first-order chi connectivity index (χ1) is 21.9. The van der Waals surface area contributed by atoms with E-state index in [-0.39, 0.29) is 11.9 Å². The van der Waals surface area contributed by atoms with E-state index in [9.17, 15) is 4.79 Å². The maximum atomic E-state index is 11.5. The van der Waals surface area contributed by atoms with Gasteiger partial charge in [0.2, 0.25) is 11.8 Å². The Hall–Kier alpha value is -3.95.